The van der Waals surface area contributed by atoms with Crippen molar-refractivity contribution in [1.29, 1.82) is 0 Å². The Morgan fingerprint density at radius 2 is 1.72 bits per heavy atom. The molecule has 1 saturated heterocycles. The molecule has 0 aromatic heterocycles. The van der Waals surface area contributed by atoms with Gasteiger partial charge in [0.2, 0.25) is 11.8 Å². The van der Waals surface area contributed by atoms with Crippen LogP contribution in [0.15, 0.2) is 0 Å². The van der Waals surface area contributed by atoms with Crippen LogP contribution in [0.2, 0.25) is 0 Å². The summed E-state index contributed by atoms with van der Waals surface area (Å²) in [5.41, 5.74) is 5.33. The molecule has 0 unspecified atom stereocenters. The van der Waals surface area contributed by atoms with Crippen molar-refractivity contribution >= 4 is 34.8 Å². The largest absolute Gasteiger partial charge is 0.481 e. The molecule has 0 spiro atoms. The summed E-state index contributed by atoms with van der Waals surface area (Å²) in [5.74, 6) is -1.88. The van der Waals surface area contributed by atoms with Crippen molar-refractivity contribution in [3.05, 3.63) is 0 Å². The minimum absolute atomic E-state index is 0. The van der Waals surface area contributed by atoms with Crippen LogP contribution >= 0.6 is 17.0 Å². The Labute approximate surface area is 115 Å². The zero-order valence-corrected chi connectivity index (χ0v) is 11.6. The lowest BCUT2D eigenvalue weighted by Gasteiger charge is -2.28. The number of amides is 2. The quantitative estimate of drug-likeness (QED) is 0.474. The summed E-state index contributed by atoms with van der Waals surface area (Å²) < 4.78 is 0. The van der Waals surface area contributed by atoms with E-state index in [0.717, 1.165) is 12.8 Å². The number of nitrogens with one attached hydrogen (secondary N) is 2. The number of halogens is 1. The van der Waals surface area contributed by atoms with Crippen LogP contribution in [0.1, 0.15) is 25.7 Å². The molecule has 104 valence electrons. The maximum atomic E-state index is 11.6. The van der Waals surface area contributed by atoms with Gasteiger partial charge in [0.15, 0.2) is 0 Å². The third kappa shape index (κ3) is 5.01. The summed E-state index contributed by atoms with van der Waals surface area (Å²) in [7, 11) is 0. The molecule has 0 aromatic rings. The molecule has 1 heterocycles. The van der Waals surface area contributed by atoms with Gasteiger partial charge in [-0.3, -0.25) is 14.4 Å². The fourth-order valence-corrected chi connectivity index (χ4v) is 1.69. The number of hydrogen-bond acceptors (Lipinski definition) is 4. The Hall–Kier alpha value is -1.15. The molecule has 1 fully saturated rings. The number of piperazine rings is 1. The molecular weight excluding hydrogens is 306 g/mol. The van der Waals surface area contributed by atoms with Gasteiger partial charge < -0.3 is 21.5 Å². The van der Waals surface area contributed by atoms with Crippen LogP contribution < -0.4 is 16.4 Å². The van der Waals surface area contributed by atoms with Crippen molar-refractivity contribution in [3.8, 4) is 0 Å². The number of rotatable bonds is 6. The van der Waals surface area contributed by atoms with Crippen LogP contribution in [0.3, 0.4) is 0 Å². The summed E-state index contributed by atoms with van der Waals surface area (Å²) in [6.45, 7) is 0.546. The van der Waals surface area contributed by atoms with Gasteiger partial charge in [-0.15, -0.1) is 17.0 Å². The number of carbonyl (C=O) groups excluding carboxylic acids is 2. The van der Waals surface area contributed by atoms with E-state index in [-0.39, 0.29) is 22.9 Å². The Bertz CT molecular complexity index is 324. The summed E-state index contributed by atoms with van der Waals surface area (Å²) in [6.07, 6.45) is 1.67. The molecule has 7 nitrogen and oxygen atoms in total. The van der Waals surface area contributed by atoms with E-state index in [9.17, 15) is 14.4 Å². The van der Waals surface area contributed by atoms with E-state index in [1.54, 1.807) is 0 Å². The maximum Gasteiger partial charge on any atom is 0.305 e. The van der Waals surface area contributed by atoms with Gasteiger partial charge >= 0.3 is 5.97 Å². The lowest BCUT2D eigenvalue weighted by atomic mass is 10.0. The van der Waals surface area contributed by atoms with Crippen LogP contribution in [0, 0.1) is 0 Å². The maximum absolute atomic E-state index is 11.6. The summed E-state index contributed by atoms with van der Waals surface area (Å²) >= 11 is 0. The van der Waals surface area contributed by atoms with Gasteiger partial charge in [-0.2, -0.15) is 0 Å². The molecule has 0 bridgehead atoms. The van der Waals surface area contributed by atoms with Crippen LogP contribution in [-0.2, 0) is 14.4 Å². The minimum atomic E-state index is -1.12. The highest BCUT2D eigenvalue weighted by molar-refractivity contribution is 8.93. The molecule has 2 atom stereocenters. The number of carboxylic acid groups (broad SMARTS) is 1. The highest BCUT2D eigenvalue weighted by Crippen LogP contribution is 2.07. The fraction of sp³-hybridized carbons (Fsp3) is 0.700. The summed E-state index contributed by atoms with van der Waals surface area (Å²) in [6, 6.07) is -1.54. The molecule has 1 aliphatic rings. The normalized spacial score (nSPS) is 22.7. The molecule has 1 aliphatic heterocycles. The SMILES string of the molecule is Br.NCCCC[C@@H]1NC(=O)[C@H](CC(=O)O)NC1=O. The zero-order chi connectivity index (χ0) is 12.8. The number of nitrogens with two attached hydrogens (primary N) is 1. The Balaban J connectivity index is 0.00000289. The average Bonchev–Trinajstić information content (AvgIpc) is 2.24. The standard InChI is InChI=1S/C10H17N3O4.BrH/c11-4-2-1-3-6-9(16)13-7(5-8(14)15)10(17)12-6;/h6-7H,1-5,11H2,(H,12,17)(H,13,16)(H,14,15);1H/t6-,7-;/m0./s1. The first-order valence-electron chi connectivity index (χ1n) is 5.57. The second-order valence-electron chi connectivity index (χ2n) is 4.00. The van der Waals surface area contributed by atoms with Crippen LogP contribution in [0.4, 0.5) is 0 Å². The predicted molar refractivity (Wildman–Crippen MR) is 69.3 cm³/mol. The van der Waals surface area contributed by atoms with E-state index in [0.29, 0.717) is 13.0 Å². The van der Waals surface area contributed by atoms with Gasteiger partial charge in [-0.1, -0.05) is 0 Å². The van der Waals surface area contributed by atoms with Crippen molar-refractivity contribution in [3.63, 3.8) is 0 Å². The van der Waals surface area contributed by atoms with Crippen LogP contribution in [-0.4, -0.2) is 41.5 Å². The molecule has 18 heavy (non-hydrogen) atoms. The predicted octanol–water partition coefficient (Wildman–Crippen LogP) is -0.849. The summed E-state index contributed by atoms with van der Waals surface area (Å²) in [4.78, 5) is 33.5. The van der Waals surface area contributed by atoms with Gasteiger partial charge in [-0.05, 0) is 25.8 Å². The third-order valence-corrected chi connectivity index (χ3v) is 2.59. The molecular formula is C10H18BrN3O4. The number of unbranched alkanes of at least 4 members (excludes halogenated alkanes) is 1. The molecule has 8 heteroatoms. The molecule has 0 saturated carbocycles. The van der Waals surface area contributed by atoms with Crippen molar-refractivity contribution < 1.29 is 19.5 Å². The molecule has 2 amide bonds. The van der Waals surface area contributed by atoms with Gasteiger partial charge in [0.25, 0.3) is 0 Å². The Morgan fingerprint density at radius 3 is 2.28 bits per heavy atom. The number of carboxylic acids is 1. The van der Waals surface area contributed by atoms with E-state index < -0.39 is 30.4 Å². The van der Waals surface area contributed by atoms with E-state index in [4.69, 9.17) is 10.8 Å². The molecule has 5 N–H and O–H groups in total. The first-order chi connectivity index (χ1) is 8.04. The van der Waals surface area contributed by atoms with Crippen LogP contribution in [0.25, 0.3) is 0 Å². The van der Waals surface area contributed by atoms with E-state index in [1.807, 2.05) is 0 Å². The van der Waals surface area contributed by atoms with Gasteiger partial charge in [-0.25, -0.2) is 0 Å². The molecule has 0 aliphatic carbocycles. The molecule has 1 rings (SSSR count). The summed E-state index contributed by atoms with van der Waals surface area (Å²) in [5, 5.41) is 13.5. The zero-order valence-electron chi connectivity index (χ0n) is 9.85. The van der Waals surface area contributed by atoms with Gasteiger partial charge in [0.05, 0.1) is 6.42 Å². The Morgan fingerprint density at radius 1 is 1.17 bits per heavy atom. The van der Waals surface area contributed by atoms with E-state index >= 15 is 0 Å². The fourth-order valence-electron chi connectivity index (χ4n) is 1.69. The third-order valence-electron chi connectivity index (χ3n) is 2.59. The monoisotopic (exact) mass is 323 g/mol. The van der Waals surface area contributed by atoms with E-state index in [1.165, 1.54) is 0 Å². The topological polar surface area (TPSA) is 122 Å². The van der Waals surface area contributed by atoms with Crippen LogP contribution in [0.5, 0.6) is 0 Å². The first kappa shape index (κ1) is 16.9. The molecule has 0 aromatic carbocycles. The average molecular weight is 324 g/mol. The highest BCUT2D eigenvalue weighted by atomic mass is 79.9. The van der Waals surface area contributed by atoms with Crippen molar-refractivity contribution in [2.45, 2.75) is 37.8 Å². The number of carbonyl (C=O) groups is 3. The van der Waals surface area contributed by atoms with Crippen molar-refractivity contribution in [1.82, 2.24) is 10.6 Å². The van der Waals surface area contributed by atoms with Crippen molar-refractivity contribution in [2.75, 3.05) is 6.54 Å². The second-order valence-corrected chi connectivity index (χ2v) is 4.00. The second kappa shape index (κ2) is 8.04. The number of aliphatic carboxylic acids is 1. The lowest BCUT2D eigenvalue weighted by molar-refractivity contribution is -0.143. The number of hydrogen-bond donors (Lipinski definition) is 4. The van der Waals surface area contributed by atoms with Gasteiger partial charge in [0.1, 0.15) is 12.1 Å². The lowest BCUT2D eigenvalue weighted by Crippen LogP contribution is -2.62. The van der Waals surface area contributed by atoms with Crippen molar-refractivity contribution in [2.24, 2.45) is 5.73 Å². The van der Waals surface area contributed by atoms with E-state index in [2.05, 4.69) is 10.6 Å². The highest BCUT2D eigenvalue weighted by Gasteiger charge is 2.34. The minimum Gasteiger partial charge on any atom is -0.481 e. The van der Waals surface area contributed by atoms with Gasteiger partial charge in [0, 0.05) is 0 Å². The Kier molecular flexibility index (Phi) is 7.53. The molecule has 0 radical (unpaired) electrons. The first-order valence-corrected chi connectivity index (χ1v) is 5.57. The smallest absolute Gasteiger partial charge is 0.305 e.